The predicted octanol–water partition coefficient (Wildman–Crippen LogP) is 1.25. The summed E-state index contributed by atoms with van der Waals surface area (Å²) in [7, 11) is 0. The van der Waals surface area contributed by atoms with Crippen molar-refractivity contribution < 1.29 is 24.5 Å². The molecule has 0 fully saturated rings. The molecule has 131 valence electrons. The van der Waals surface area contributed by atoms with Gasteiger partial charge in [0.15, 0.2) is 18.1 Å². The minimum absolute atomic E-state index is 0.0355. The maximum absolute atomic E-state index is 12.3. The molecule has 0 aromatic heterocycles. The van der Waals surface area contributed by atoms with E-state index in [-0.39, 0.29) is 31.4 Å². The Kier molecular flexibility index (Phi) is 6.79. The van der Waals surface area contributed by atoms with Gasteiger partial charge in [0, 0.05) is 12.1 Å². The Bertz CT molecular complexity index is 733. The summed E-state index contributed by atoms with van der Waals surface area (Å²) in [6.45, 7) is -0.302. The van der Waals surface area contributed by atoms with Gasteiger partial charge in [-0.05, 0) is 23.8 Å². The number of benzene rings is 2. The highest BCUT2D eigenvalue weighted by molar-refractivity contribution is 5.95. The third kappa shape index (κ3) is 5.50. The van der Waals surface area contributed by atoms with Crippen LogP contribution in [0.25, 0.3) is 0 Å². The second-order valence-corrected chi connectivity index (χ2v) is 5.15. The van der Waals surface area contributed by atoms with Crippen LogP contribution in [0.2, 0.25) is 0 Å². The fraction of sp³-hybridized carbons (Fsp3) is 0.222. The number of nitrogens with one attached hydrogen (secondary N) is 2. The van der Waals surface area contributed by atoms with Gasteiger partial charge in [0.2, 0.25) is 5.91 Å². The molecule has 25 heavy (non-hydrogen) atoms. The Morgan fingerprint density at radius 2 is 1.72 bits per heavy atom. The summed E-state index contributed by atoms with van der Waals surface area (Å²) in [6, 6.07) is 13.4. The molecule has 2 aromatic carbocycles. The molecule has 0 saturated carbocycles. The number of aromatic hydroxyl groups is 1. The fourth-order valence-corrected chi connectivity index (χ4v) is 2.14. The van der Waals surface area contributed by atoms with E-state index in [1.807, 2.05) is 0 Å². The van der Waals surface area contributed by atoms with E-state index in [0.29, 0.717) is 16.9 Å². The summed E-state index contributed by atoms with van der Waals surface area (Å²) in [4.78, 5) is 23.3. The van der Waals surface area contributed by atoms with Crippen molar-refractivity contribution >= 4 is 11.8 Å². The number of hydrogen-bond donors (Lipinski definition) is 3. The Hall–Kier alpha value is -3.06. The maximum atomic E-state index is 12.3. The number of hydrogen-bond acceptors (Lipinski definition) is 4. The maximum Gasteiger partial charge on any atom is 0.251 e. The molecule has 7 nitrogen and oxygen atoms in total. The number of para-hydroxylation sites is 2. The number of amides is 2. The van der Waals surface area contributed by atoms with Crippen molar-refractivity contribution in [2.75, 3.05) is 19.8 Å². The molecule has 0 atom stereocenters. The van der Waals surface area contributed by atoms with Crippen molar-refractivity contribution in [2.45, 2.75) is 6.54 Å². The Balaban J connectivity index is 1.86. The highest BCUT2D eigenvalue weighted by Gasteiger charge is 2.11. The molecule has 2 amide bonds. The lowest BCUT2D eigenvalue weighted by molar-refractivity contribution is -0.125. The van der Waals surface area contributed by atoms with E-state index < -0.39 is 12.5 Å². The van der Waals surface area contributed by atoms with E-state index in [2.05, 4.69) is 10.6 Å². The third-order valence-electron chi connectivity index (χ3n) is 3.38. The Labute approximate surface area is 145 Å². The van der Waals surface area contributed by atoms with Crippen LogP contribution in [-0.2, 0) is 16.4 Å². The topological polar surface area (TPSA) is 108 Å². The minimum atomic E-state index is -0.849. The normalized spacial score (nSPS) is 10.1. The standard InChI is InChI=1S/C18H19N2O5/c21-12-17(23)20-11-13-5-1-2-6-14(13)18(24)19-9-10-25-16-8-4-3-7-15(16)22/h1-8,22H,9-12H2,(H,19,24)(H,20,23). The van der Waals surface area contributed by atoms with Crippen LogP contribution in [0.3, 0.4) is 0 Å². The molecule has 0 bridgehead atoms. The first-order valence-electron chi connectivity index (χ1n) is 7.73. The van der Waals surface area contributed by atoms with Gasteiger partial charge in [0.25, 0.3) is 5.91 Å². The lowest BCUT2D eigenvalue weighted by atomic mass is 10.1. The van der Waals surface area contributed by atoms with Crippen molar-refractivity contribution in [3.8, 4) is 11.5 Å². The van der Waals surface area contributed by atoms with E-state index in [4.69, 9.17) is 4.74 Å². The number of phenolic OH excluding ortho intramolecular Hbond substituents is 1. The Morgan fingerprint density at radius 1 is 1.00 bits per heavy atom. The molecular weight excluding hydrogens is 324 g/mol. The molecule has 0 aliphatic carbocycles. The van der Waals surface area contributed by atoms with Crippen LogP contribution < -0.4 is 15.4 Å². The van der Waals surface area contributed by atoms with Gasteiger partial charge in [-0.25, -0.2) is 5.11 Å². The molecule has 2 rings (SSSR count). The van der Waals surface area contributed by atoms with E-state index in [0.717, 1.165) is 0 Å². The van der Waals surface area contributed by atoms with Gasteiger partial charge < -0.3 is 20.5 Å². The summed E-state index contributed by atoms with van der Waals surface area (Å²) in [5.41, 5.74) is 1.03. The Morgan fingerprint density at radius 3 is 2.48 bits per heavy atom. The average Bonchev–Trinajstić information content (AvgIpc) is 2.64. The highest BCUT2D eigenvalue weighted by atomic mass is 16.5. The molecule has 0 spiro atoms. The highest BCUT2D eigenvalue weighted by Crippen LogP contribution is 2.23. The monoisotopic (exact) mass is 343 g/mol. The van der Waals surface area contributed by atoms with Crippen LogP contribution >= 0.6 is 0 Å². The lowest BCUT2D eigenvalue weighted by Crippen LogP contribution is -2.30. The molecule has 0 aliphatic rings. The van der Waals surface area contributed by atoms with Gasteiger partial charge in [-0.1, -0.05) is 30.3 Å². The summed E-state index contributed by atoms with van der Waals surface area (Å²) in [5, 5.41) is 25.2. The van der Waals surface area contributed by atoms with Crippen LogP contribution in [-0.4, -0.2) is 36.7 Å². The van der Waals surface area contributed by atoms with Crippen molar-refractivity contribution in [2.24, 2.45) is 0 Å². The second-order valence-electron chi connectivity index (χ2n) is 5.15. The van der Waals surface area contributed by atoms with Gasteiger partial charge in [0.05, 0.1) is 6.54 Å². The molecule has 7 heteroatoms. The van der Waals surface area contributed by atoms with Crippen molar-refractivity contribution in [3.63, 3.8) is 0 Å². The SMILES string of the molecule is [O]CC(=O)NCc1ccccc1C(=O)NCCOc1ccccc1O. The zero-order chi connectivity index (χ0) is 18.1. The first-order valence-corrected chi connectivity index (χ1v) is 7.73. The number of phenols is 1. The van der Waals surface area contributed by atoms with Crippen molar-refractivity contribution in [1.82, 2.24) is 10.6 Å². The molecule has 1 radical (unpaired) electrons. The third-order valence-corrected chi connectivity index (χ3v) is 3.38. The van der Waals surface area contributed by atoms with Crippen LogP contribution in [0.4, 0.5) is 0 Å². The molecule has 0 unspecified atom stereocenters. The molecule has 0 saturated heterocycles. The molecule has 3 N–H and O–H groups in total. The van der Waals surface area contributed by atoms with Crippen LogP contribution in [0.5, 0.6) is 11.5 Å². The predicted molar refractivity (Wildman–Crippen MR) is 89.8 cm³/mol. The zero-order valence-electron chi connectivity index (χ0n) is 13.5. The van der Waals surface area contributed by atoms with E-state index in [1.54, 1.807) is 42.5 Å². The number of ether oxygens (including phenoxy) is 1. The van der Waals surface area contributed by atoms with Crippen LogP contribution in [0.15, 0.2) is 48.5 Å². The number of carbonyl (C=O) groups is 2. The summed E-state index contributed by atoms with van der Waals surface area (Å²) < 4.78 is 5.39. The average molecular weight is 343 g/mol. The largest absolute Gasteiger partial charge is 0.504 e. The van der Waals surface area contributed by atoms with Gasteiger partial charge >= 0.3 is 0 Å². The van der Waals surface area contributed by atoms with E-state index >= 15 is 0 Å². The first kappa shape index (κ1) is 18.3. The summed E-state index contributed by atoms with van der Waals surface area (Å²) >= 11 is 0. The zero-order valence-corrected chi connectivity index (χ0v) is 13.5. The van der Waals surface area contributed by atoms with Gasteiger partial charge in [0.1, 0.15) is 6.61 Å². The van der Waals surface area contributed by atoms with Gasteiger partial charge in [-0.15, -0.1) is 0 Å². The van der Waals surface area contributed by atoms with E-state index in [1.165, 1.54) is 6.07 Å². The summed E-state index contributed by atoms with van der Waals surface area (Å²) in [6.07, 6.45) is 0. The molecule has 2 aromatic rings. The molecular formula is C18H19N2O5. The molecule has 0 heterocycles. The second kappa shape index (κ2) is 9.29. The van der Waals surface area contributed by atoms with Gasteiger partial charge in [-0.2, -0.15) is 0 Å². The van der Waals surface area contributed by atoms with Crippen LogP contribution in [0, 0.1) is 0 Å². The summed E-state index contributed by atoms with van der Waals surface area (Å²) in [5.74, 6) is -0.551. The number of rotatable bonds is 8. The fourth-order valence-electron chi connectivity index (χ4n) is 2.14. The van der Waals surface area contributed by atoms with Crippen molar-refractivity contribution in [3.05, 3.63) is 59.7 Å². The lowest BCUT2D eigenvalue weighted by Gasteiger charge is -2.11. The number of carbonyl (C=O) groups excluding carboxylic acids is 2. The molecule has 0 aliphatic heterocycles. The van der Waals surface area contributed by atoms with E-state index in [9.17, 15) is 19.8 Å². The van der Waals surface area contributed by atoms with Crippen LogP contribution in [0.1, 0.15) is 15.9 Å². The first-order chi connectivity index (χ1) is 12.1. The smallest absolute Gasteiger partial charge is 0.251 e. The quantitative estimate of drug-likeness (QED) is 0.627. The van der Waals surface area contributed by atoms with Gasteiger partial charge in [-0.3, -0.25) is 9.59 Å². The van der Waals surface area contributed by atoms with Crippen molar-refractivity contribution in [1.29, 1.82) is 0 Å². The minimum Gasteiger partial charge on any atom is -0.504 e.